The summed E-state index contributed by atoms with van der Waals surface area (Å²) in [6, 6.07) is 5.32. The van der Waals surface area contributed by atoms with Crippen molar-refractivity contribution in [1.29, 1.82) is 0 Å². The van der Waals surface area contributed by atoms with Gasteiger partial charge >= 0.3 is 0 Å². The first-order valence-corrected chi connectivity index (χ1v) is 15.4. The van der Waals surface area contributed by atoms with E-state index in [1.165, 1.54) is 6.42 Å². The molecule has 4 amide bonds. The summed E-state index contributed by atoms with van der Waals surface area (Å²) in [4.78, 5) is 68.4. The zero-order chi connectivity index (χ0) is 29.9. The Labute approximate surface area is 250 Å². The van der Waals surface area contributed by atoms with Gasteiger partial charge in [0.25, 0.3) is 5.91 Å². The van der Waals surface area contributed by atoms with Crippen molar-refractivity contribution in [2.75, 3.05) is 13.1 Å². The fraction of sp³-hybridized carbons (Fsp3) is 0.581. The van der Waals surface area contributed by atoms with E-state index in [0.717, 1.165) is 36.6 Å². The number of H-pyrrole nitrogens is 1. The molecule has 5 rings (SSSR count). The van der Waals surface area contributed by atoms with E-state index in [0.29, 0.717) is 61.7 Å². The molecule has 1 spiro atoms. The van der Waals surface area contributed by atoms with Crippen LogP contribution in [0.2, 0.25) is 5.02 Å². The summed E-state index contributed by atoms with van der Waals surface area (Å²) < 4.78 is 0. The number of hydrogen-bond donors (Lipinski definition) is 4. The maximum atomic E-state index is 13.6. The number of amides is 4. The molecule has 3 fully saturated rings. The number of carbonyl (C=O) groups excluding carboxylic acids is 5. The van der Waals surface area contributed by atoms with Crippen LogP contribution in [0.15, 0.2) is 24.3 Å². The number of halogens is 1. The van der Waals surface area contributed by atoms with Crippen LogP contribution in [0.1, 0.15) is 81.6 Å². The number of benzene rings is 1. The summed E-state index contributed by atoms with van der Waals surface area (Å²) in [7, 11) is 0. The minimum Gasteiger partial charge on any atom is -0.351 e. The number of likely N-dealkylation sites (tertiary alicyclic amines) is 1. The smallest absolute Gasteiger partial charge is 0.268 e. The van der Waals surface area contributed by atoms with Crippen molar-refractivity contribution in [3.8, 4) is 0 Å². The van der Waals surface area contributed by atoms with Gasteiger partial charge in [-0.15, -0.1) is 0 Å². The molecule has 0 bridgehead atoms. The van der Waals surface area contributed by atoms with Gasteiger partial charge in [-0.25, -0.2) is 0 Å². The summed E-state index contributed by atoms with van der Waals surface area (Å²) in [5, 5.41) is 10.2. The number of aldehydes is 1. The van der Waals surface area contributed by atoms with Gasteiger partial charge < -0.3 is 30.6 Å². The maximum Gasteiger partial charge on any atom is 0.268 e. The SMILES string of the molecule is CC(=O)N1CCC2(CC1)CC(CC(C=O)NC(=O)[C@H](CC1CCCCC1)NC(=O)c1cc3cc(Cl)ccc3[nH]1)C(=O)N2. The van der Waals surface area contributed by atoms with Gasteiger partial charge in [0.1, 0.15) is 18.0 Å². The first-order valence-electron chi connectivity index (χ1n) is 15.1. The Bertz CT molecular complexity index is 1340. The van der Waals surface area contributed by atoms with Crippen LogP contribution in [0, 0.1) is 11.8 Å². The third-order valence-corrected chi connectivity index (χ3v) is 9.57. The highest BCUT2D eigenvalue weighted by Crippen LogP contribution is 2.36. The molecule has 2 saturated heterocycles. The minimum absolute atomic E-state index is 0.0262. The molecule has 10 nitrogen and oxygen atoms in total. The first-order chi connectivity index (χ1) is 20.1. The second-order valence-electron chi connectivity index (χ2n) is 12.3. The number of fused-ring (bicyclic) bond motifs is 1. The molecule has 2 aromatic rings. The Hall–Kier alpha value is -3.40. The standard InChI is InChI=1S/C31H40ClN5O5/c1-19(39)37-11-9-31(10-12-37)17-22(28(40)36-31)15-24(18-38)33-29(41)26(13-20-5-3-2-4-6-20)35-30(42)27-16-21-14-23(32)7-8-25(21)34-27/h7-8,14,16,18,20,22,24,26,34H,2-6,9-13,15,17H2,1H3,(H,33,41)(H,35,42)(H,36,40)/t22?,24?,26-/m0/s1. The molecule has 3 heterocycles. The molecule has 1 aromatic carbocycles. The molecule has 3 aliphatic rings. The quantitative estimate of drug-likeness (QED) is 0.328. The maximum absolute atomic E-state index is 13.6. The van der Waals surface area contributed by atoms with Gasteiger partial charge in [0, 0.05) is 47.4 Å². The van der Waals surface area contributed by atoms with Crippen LogP contribution in [-0.2, 0) is 19.2 Å². The van der Waals surface area contributed by atoms with Gasteiger partial charge in [-0.1, -0.05) is 43.7 Å². The summed E-state index contributed by atoms with van der Waals surface area (Å²) in [6.45, 7) is 2.72. The highest BCUT2D eigenvalue weighted by molar-refractivity contribution is 6.31. The molecule has 2 aliphatic heterocycles. The molecule has 1 saturated carbocycles. The van der Waals surface area contributed by atoms with Crippen molar-refractivity contribution in [2.45, 2.75) is 88.8 Å². The first kappa shape index (κ1) is 30.1. The Kier molecular flexibility index (Phi) is 9.20. The number of nitrogens with zero attached hydrogens (tertiary/aromatic N) is 1. The van der Waals surface area contributed by atoms with E-state index in [4.69, 9.17) is 11.6 Å². The van der Waals surface area contributed by atoms with Gasteiger partial charge in [-0.2, -0.15) is 0 Å². The third kappa shape index (κ3) is 6.97. The second kappa shape index (κ2) is 12.9. The van der Waals surface area contributed by atoms with Crippen molar-refractivity contribution in [3.63, 3.8) is 0 Å². The fourth-order valence-electron chi connectivity index (χ4n) is 6.94. The van der Waals surface area contributed by atoms with E-state index >= 15 is 0 Å². The van der Waals surface area contributed by atoms with Crippen LogP contribution >= 0.6 is 11.6 Å². The zero-order valence-corrected chi connectivity index (χ0v) is 24.8. The van der Waals surface area contributed by atoms with Crippen molar-refractivity contribution < 1.29 is 24.0 Å². The summed E-state index contributed by atoms with van der Waals surface area (Å²) >= 11 is 6.10. The topological polar surface area (TPSA) is 140 Å². The van der Waals surface area contributed by atoms with E-state index in [9.17, 15) is 24.0 Å². The van der Waals surface area contributed by atoms with Crippen LogP contribution in [0.3, 0.4) is 0 Å². The number of rotatable bonds is 9. The molecule has 1 aliphatic carbocycles. The molecule has 2 unspecified atom stereocenters. The second-order valence-corrected chi connectivity index (χ2v) is 12.8. The zero-order valence-electron chi connectivity index (χ0n) is 24.0. The average Bonchev–Trinajstić information content (AvgIpc) is 3.53. The Morgan fingerprint density at radius 2 is 1.83 bits per heavy atom. The molecule has 226 valence electrons. The monoisotopic (exact) mass is 597 g/mol. The molecule has 4 N–H and O–H groups in total. The predicted molar refractivity (Wildman–Crippen MR) is 159 cm³/mol. The minimum atomic E-state index is -0.860. The van der Waals surface area contributed by atoms with Crippen molar-refractivity contribution >= 4 is 52.4 Å². The van der Waals surface area contributed by atoms with Crippen molar-refractivity contribution in [1.82, 2.24) is 25.8 Å². The number of aromatic amines is 1. The summed E-state index contributed by atoms with van der Waals surface area (Å²) in [5.74, 6) is -1.05. The van der Waals surface area contributed by atoms with E-state index < -0.39 is 29.8 Å². The normalized spacial score (nSPS) is 22.0. The van der Waals surface area contributed by atoms with Gasteiger partial charge in [0.05, 0.1) is 6.04 Å². The van der Waals surface area contributed by atoms with Crippen LogP contribution in [0.5, 0.6) is 0 Å². The lowest BCUT2D eigenvalue weighted by molar-refractivity contribution is -0.130. The van der Waals surface area contributed by atoms with Crippen LogP contribution < -0.4 is 16.0 Å². The largest absolute Gasteiger partial charge is 0.351 e. The Morgan fingerprint density at radius 3 is 2.52 bits per heavy atom. The van der Waals surface area contributed by atoms with Crippen LogP contribution in [0.25, 0.3) is 10.9 Å². The number of piperidine rings is 1. The van der Waals surface area contributed by atoms with Crippen molar-refractivity contribution in [3.05, 3.63) is 35.0 Å². The molecular weight excluding hydrogens is 558 g/mol. The van der Waals surface area contributed by atoms with Crippen molar-refractivity contribution in [2.24, 2.45) is 11.8 Å². The lowest BCUT2D eigenvalue weighted by Gasteiger charge is -2.39. The lowest BCUT2D eigenvalue weighted by Crippen LogP contribution is -2.51. The van der Waals surface area contributed by atoms with E-state index in [1.807, 2.05) is 0 Å². The van der Waals surface area contributed by atoms with E-state index in [2.05, 4.69) is 20.9 Å². The molecule has 3 atom stereocenters. The average molecular weight is 598 g/mol. The number of carbonyl (C=O) groups is 5. The van der Waals surface area contributed by atoms with Gasteiger partial charge in [0.15, 0.2) is 0 Å². The van der Waals surface area contributed by atoms with E-state index in [-0.39, 0.29) is 23.8 Å². The van der Waals surface area contributed by atoms with Crippen LogP contribution in [0.4, 0.5) is 0 Å². The van der Waals surface area contributed by atoms with Gasteiger partial charge in [-0.3, -0.25) is 19.2 Å². The van der Waals surface area contributed by atoms with Gasteiger partial charge in [-0.05, 0) is 62.3 Å². The molecule has 42 heavy (non-hydrogen) atoms. The van der Waals surface area contributed by atoms with E-state index in [1.54, 1.807) is 36.1 Å². The third-order valence-electron chi connectivity index (χ3n) is 9.34. The van der Waals surface area contributed by atoms with Crippen LogP contribution in [-0.4, -0.2) is 70.5 Å². The molecule has 1 aromatic heterocycles. The summed E-state index contributed by atoms with van der Waals surface area (Å²) in [6.07, 6.45) is 8.58. The highest BCUT2D eigenvalue weighted by atomic mass is 35.5. The highest BCUT2D eigenvalue weighted by Gasteiger charge is 2.46. The van der Waals surface area contributed by atoms with Gasteiger partial charge in [0.2, 0.25) is 17.7 Å². The Balaban J connectivity index is 1.24. The number of aromatic nitrogens is 1. The number of nitrogens with one attached hydrogen (secondary N) is 4. The molecule has 11 heteroatoms. The lowest BCUT2D eigenvalue weighted by atomic mass is 9.82. The summed E-state index contributed by atoms with van der Waals surface area (Å²) in [5.41, 5.74) is 0.703. The molecule has 0 radical (unpaired) electrons. The Morgan fingerprint density at radius 1 is 1.10 bits per heavy atom. The predicted octanol–water partition coefficient (Wildman–Crippen LogP) is 3.48. The fourth-order valence-corrected chi connectivity index (χ4v) is 7.12. The molecular formula is C31H40ClN5O5. The number of hydrogen-bond acceptors (Lipinski definition) is 5.